The molecule has 3 N–H and O–H groups in total. The van der Waals surface area contributed by atoms with E-state index in [0.29, 0.717) is 41.1 Å². The zero-order chi connectivity index (χ0) is 22.4. The Bertz CT molecular complexity index is 1580. The van der Waals surface area contributed by atoms with Crippen LogP contribution in [0, 0.1) is 17.1 Å². The number of benzene rings is 2. The molecule has 0 aliphatic carbocycles. The molecule has 0 aliphatic heterocycles. The highest BCUT2D eigenvalue weighted by Gasteiger charge is 2.21. The molecule has 8 nitrogen and oxygen atoms in total. The first-order valence-electron chi connectivity index (χ1n) is 10.2. The maximum absolute atomic E-state index is 14.2. The van der Waals surface area contributed by atoms with Crippen molar-refractivity contribution in [3.8, 4) is 23.1 Å². The van der Waals surface area contributed by atoms with Gasteiger partial charge in [-0.1, -0.05) is 0 Å². The van der Waals surface area contributed by atoms with Crippen LogP contribution >= 0.6 is 0 Å². The van der Waals surface area contributed by atoms with Gasteiger partial charge in [-0.15, -0.1) is 0 Å². The fraction of sp³-hybridized carbons (Fsp3) is 0.174. The van der Waals surface area contributed by atoms with E-state index in [-0.39, 0.29) is 0 Å². The third-order valence-corrected chi connectivity index (χ3v) is 5.70. The first kappa shape index (κ1) is 19.8. The number of nitriles is 1. The van der Waals surface area contributed by atoms with Crippen LogP contribution < -0.4 is 11.4 Å². The van der Waals surface area contributed by atoms with E-state index in [1.54, 1.807) is 18.2 Å². The number of aromatic amines is 1. The van der Waals surface area contributed by atoms with E-state index in [1.165, 1.54) is 16.7 Å². The summed E-state index contributed by atoms with van der Waals surface area (Å²) in [7, 11) is 1.89. The fourth-order valence-corrected chi connectivity index (χ4v) is 4.22. The molecule has 2 aromatic carbocycles. The monoisotopic (exact) mass is 429 g/mol. The normalized spacial score (nSPS) is 11.4. The van der Waals surface area contributed by atoms with Gasteiger partial charge in [-0.25, -0.2) is 18.9 Å². The van der Waals surface area contributed by atoms with Crippen molar-refractivity contribution in [3.63, 3.8) is 0 Å². The summed E-state index contributed by atoms with van der Waals surface area (Å²) >= 11 is 0. The highest BCUT2D eigenvalue weighted by atomic mass is 19.1. The van der Waals surface area contributed by atoms with E-state index >= 15 is 0 Å². The highest BCUT2D eigenvalue weighted by molar-refractivity contribution is 5.96. The van der Waals surface area contributed by atoms with Gasteiger partial charge in [0.05, 0.1) is 22.8 Å². The number of aromatic nitrogens is 5. The summed E-state index contributed by atoms with van der Waals surface area (Å²) in [5.74, 6) is -0.00457. The zero-order valence-corrected chi connectivity index (χ0v) is 17.3. The van der Waals surface area contributed by atoms with Crippen molar-refractivity contribution >= 4 is 21.8 Å². The lowest BCUT2D eigenvalue weighted by Gasteiger charge is -2.04. The molecule has 3 heterocycles. The van der Waals surface area contributed by atoms with E-state index in [0.717, 1.165) is 22.8 Å². The van der Waals surface area contributed by atoms with Crippen LogP contribution in [0.15, 0.2) is 53.6 Å². The van der Waals surface area contributed by atoms with Crippen molar-refractivity contribution in [1.82, 2.24) is 23.9 Å². The third-order valence-electron chi connectivity index (χ3n) is 5.70. The molecule has 0 spiro atoms. The van der Waals surface area contributed by atoms with Gasteiger partial charge in [0.25, 0.3) is 0 Å². The van der Waals surface area contributed by atoms with Crippen LogP contribution in [0.25, 0.3) is 38.9 Å². The Balaban J connectivity index is 1.79. The largest absolute Gasteiger partial charge is 0.350 e. The number of nitrogens with two attached hydrogens (primary N) is 1. The number of rotatable bonds is 5. The van der Waals surface area contributed by atoms with Crippen molar-refractivity contribution < 1.29 is 4.39 Å². The van der Waals surface area contributed by atoms with Gasteiger partial charge < -0.3 is 14.9 Å². The Hall–Kier alpha value is -4.16. The second kappa shape index (κ2) is 7.51. The minimum atomic E-state index is -0.435. The average Bonchev–Trinajstić information content (AvgIpc) is 3.44. The van der Waals surface area contributed by atoms with Crippen LogP contribution in [0.5, 0.6) is 0 Å². The molecular weight excluding hydrogens is 409 g/mol. The molecule has 0 unspecified atom stereocenters. The van der Waals surface area contributed by atoms with Crippen LogP contribution in [0.1, 0.15) is 12.0 Å². The maximum atomic E-state index is 14.2. The Morgan fingerprint density at radius 3 is 2.75 bits per heavy atom. The molecule has 0 atom stereocenters. The van der Waals surface area contributed by atoms with Crippen LogP contribution in [-0.2, 0) is 13.6 Å². The molecule has 5 rings (SSSR count). The number of hydrogen-bond acceptors (Lipinski definition) is 4. The van der Waals surface area contributed by atoms with Gasteiger partial charge in [0.15, 0.2) is 5.82 Å². The lowest BCUT2D eigenvalue weighted by atomic mass is 10.1. The van der Waals surface area contributed by atoms with Gasteiger partial charge in [0.1, 0.15) is 5.82 Å². The lowest BCUT2D eigenvalue weighted by Crippen LogP contribution is -2.15. The molecule has 0 saturated heterocycles. The van der Waals surface area contributed by atoms with Crippen molar-refractivity contribution in [1.29, 1.82) is 5.26 Å². The molecule has 32 heavy (non-hydrogen) atoms. The van der Waals surface area contributed by atoms with Gasteiger partial charge in [-0.2, -0.15) is 10.4 Å². The van der Waals surface area contributed by atoms with Gasteiger partial charge in [-0.05, 0) is 49.4 Å². The summed E-state index contributed by atoms with van der Waals surface area (Å²) in [6.07, 6.45) is 4.44. The van der Waals surface area contributed by atoms with E-state index < -0.39 is 11.5 Å². The SMILES string of the molecule is Cn1cc(-c2n[nH]c(=O)n2-c2cn(CCCN)c3ccc(F)cc23)c2cc(C#N)ccc21. The number of H-pyrrole nitrogens is 1. The average molecular weight is 429 g/mol. The summed E-state index contributed by atoms with van der Waals surface area (Å²) in [5.41, 5.74) is 8.68. The minimum absolute atomic E-state index is 0.387. The van der Waals surface area contributed by atoms with E-state index in [1.807, 2.05) is 34.6 Å². The number of aryl methyl sites for hydroxylation is 2. The van der Waals surface area contributed by atoms with E-state index in [9.17, 15) is 14.4 Å². The standard InChI is InChI=1S/C23H20FN7O/c1-29-12-18(16-9-14(11-26)3-5-19(16)29)22-27-28-23(32)31(22)21-13-30(8-2-7-25)20-6-4-15(24)10-17(20)21/h3-6,9-10,12-13H,2,7-8,25H2,1H3,(H,28,32). The second-order valence-corrected chi connectivity index (χ2v) is 7.70. The van der Waals surface area contributed by atoms with Crippen molar-refractivity contribution in [2.24, 2.45) is 12.8 Å². The molecule has 160 valence electrons. The highest BCUT2D eigenvalue weighted by Crippen LogP contribution is 2.33. The Morgan fingerprint density at radius 1 is 1.16 bits per heavy atom. The van der Waals surface area contributed by atoms with Crippen LogP contribution in [-0.4, -0.2) is 30.4 Å². The quantitative estimate of drug-likeness (QED) is 0.447. The molecule has 0 bridgehead atoms. The molecule has 9 heteroatoms. The molecule has 3 aromatic heterocycles. The molecule has 0 amide bonds. The molecule has 0 saturated carbocycles. The second-order valence-electron chi connectivity index (χ2n) is 7.70. The summed E-state index contributed by atoms with van der Waals surface area (Å²) < 4.78 is 19.5. The van der Waals surface area contributed by atoms with Crippen molar-refractivity contribution in [3.05, 3.63) is 70.7 Å². The number of nitrogens with one attached hydrogen (secondary N) is 1. The molecule has 0 aliphatic rings. The first-order valence-corrected chi connectivity index (χ1v) is 10.2. The lowest BCUT2D eigenvalue weighted by molar-refractivity contribution is 0.629. The van der Waals surface area contributed by atoms with Gasteiger partial charge in [0.2, 0.25) is 0 Å². The minimum Gasteiger partial charge on any atom is -0.350 e. The van der Waals surface area contributed by atoms with E-state index in [4.69, 9.17) is 5.73 Å². The third kappa shape index (κ3) is 3.01. The maximum Gasteiger partial charge on any atom is 0.348 e. The topological polar surface area (TPSA) is 110 Å². The summed E-state index contributed by atoms with van der Waals surface area (Å²) in [6, 6.07) is 12.1. The number of halogens is 1. The van der Waals surface area contributed by atoms with Gasteiger partial charge in [0, 0.05) is 47.8 Å². The summed E-state index contributed by atoms with van der Waals surface area (Å²) in [5, 5.41) is 17.6. The predicted octanol–water partition coefficient (Wildman–Crippen LogP) is 3.03. The Labute approximate surface area is 181 Å². The molecular formula is C23H20FN7O. The van der Waals surface area contributed by atoms with Crippen molar-refractivity contribution in [2.75, 3.05) is 6.54 Å². The Kier molecular flexibility index (Phi) is 4.64. The van der Waals surface area contributed by atoms with Gasteiger partial charge >= 0.3 is 5.69 Å². The summed E-state index contributed by atoms with van der Waals surface area (Å²) in [6.45, 7) is 1.16. The zero-order valence-electron chi connectivity index (χ0n) is 17.3. The fourth-order valence-electron chi connectivity index (χ4n) is 4.22. The number of hydrogen-bond donors (Lipinski definition) is 2. The number of nitrogens with zero attached hydrogens (tertiary/aromatic N) is 5. The first-order chi connectivity index (χ1) is 15.5. The number of fused-ring (bicyclic) bond motifs is 2. The smallest absolute Gasteiger partial charge is 0.348 e. The van der Waals surface area contributed by atoms with E-state index in [2.05, 4.69) is 16.3 Å². The van der Waals surface area contributed by atoms with Crippen molar-refractivity contribution in [2.45, 2.75) is 13.0 Å². The predicted molar refractivity (Wildman–Crippen MR) is 120 cm³/mol. The van der Waals surface area contributed by atoms with Gasteiger partial charge in [-0.3, -0.25) is 0 Å². The summed E-state index contributed by atoms with van der Waals surface area (Å²) in [4.78, 5) is 12.9. The molecule has 0 fully saturated rings. The van der Waals surface area contributed by atoms with Crippen LogP contribution in [0.3, 0.4) is 0 Å². The molecule has 5 aromatic rings. The van der Waals surface area contributed by atoms with Crippen LogP contribution in [0.2, 0.25) is 0 Å². The Morgan fingerprint density at radius 2 is 1.97 bits per heavy atom. The molecule has 0 radical (unpaired) electrons. The van der Waals surface area contributed by atoms with Crippen LogP contribution in [0.4, 0.5) is 4.39 Å².